The summed E-state index contributed by atoms with van der Waals surface area (Å²) in [6.07, 6.45) is 2.92. The molecule has 0 aliphatic rings. The molecule has 160 valence electrons. The van der Waals surface area contributed by atoms with Crippen LogP contribution in [0, 0.1) is 0 Å². The maximum absolute atomic E-state index is 12.1. The molecule has 1 amide bonds. The van der Waals surface area contributed by atoms with Crippen LogP contribution in [-0.2, 0) is 14.8 Å². The first kappa shape index (κ1) is 22.5. The number of carbonyl (C=O) groups is 1. The monoisotopic (exact) mass is 457 g/mol. The summed E-state index contributed by atoms with van der Waals surface area (Å²) >= 11 is 5.83. The highest BCUT2D eigenvalue weighted by Crippen LogP contribution is 2.22. The molecule has 0 spiro atoms. The van der Waals surface area contributed by atoms with Crippen LogP contribution in [-0.4, -0.2) is 25.9 Å². The van der Waals surface area contributed by atoms with Gasteiger partial charge in [0.1, 0.15) is 5.75 Å². The third-order valence-electron chi connectivity index (χ3n) is 3.95. The molecular formula is C22H20ClN3O4S. The van der Waals surface area contributed by atoms with Crippen molar-refractivity contribution in [1.29, 1.82) is 0 Å². The van der Waals surface area contributed by atoms with Crippen LogP contribution in [0.1, 0.15) is 12.0 Å². The number of halogens is 1. The number of amides is 1. The Kier molecular flexibility index (Phi) is 7.77. The van der Waals surface area contributed by atoms with Crippen LogP contribution in [0.5, 0.6) is 11.6 Å². The third-order valence-corrected chi connectivity index (χ3v) is 5.30. The zero-order valence-corrected chi connectivity index (χ0v) is 17.9. The van der Waals surface area contributed by atoms with Crippen molar-refractivity contribution in [2.75, 3.05) is 11.9 Å². The lowest BCUT2D eigenvalue weighted by molar-refractivity contribution is -0.116. The first-order valence-electron chi connectivity index (χ1n) is 9.32. The normalized spacial score (nSPS) is 11.4. The number of anilines is 1. The molecule has 0 aliphatic carbocycles. The number of aromatic nitrogens is 1. The largest absolute Gasteiger partial charge is 0.439 e. The van der Waals surface area contributed by atoms with E-state index in [0.717, 1.165) is 11.0 Å². The number of pyridine rings is 1. The highest BCUT2D eigenvalue weighted by molar-refractivity contribution is 7.92. The Morgan fingerprint density at radius 1 is 1.03 bits per heavy atom. The molecule has 31 heavy (non-hydrogen) atoms. The van der Waals surface area contributed by atoms with Gasteiger partial charge in [0, 0.05) is 29.5 Å². The highest BCUT2D eigenvalue weighted by Gasteiger charge is 2.08. The van der Waals surface area contributed by atoms with E-state index >= 15 is 0 Å². The Morgan fingerprint density at radius 2 is 1.77 bits per heavy atom. The molecule has 2 N–H and O–H groups in total. The molecule has 0 saturated heterocycles. The minimum absolute atomic E-state index is 0.0264. The van der Waals surface area contributed by atoms with Gasteiger partial charge < -0.3 is 10.1 Å². The fourth-order valence-corrected chi connectivity index (χ4v) is 3.39. The quantitative estimate of drug-likeness (QED) is 0.495. The van der Waals surface area contributed by atoms with Gasteiger partial charge in [0.25, 0.3) is 0 Å². The van der Waals surface area contributed by atoms with Gasteiger partial charge in [-0.3, -0.25) is 4.79 Å². The number of sulfonamides is 1. The fourth-order valence-electron chi connectivity index (χ4n) is 2.45. The smallest absolute Gasteiger partial charge is 0.233 e. The molecule has 2 aromatic carbocycles. The number of carbonyl (C=O) groups excluding carboxylic acids is 1. The minimum atomic E-state index is -3.63. The van der Waals surface area contributed by atoms with Gasteiger partial charge in [-0.2, -0.15) is 0 Å². The van der Waals surface area contributed by atoms with E-state index in [1.54, 1.807) is 48.5 Å². The molecule has 3 rings (SSSR count). The Bertz CT molecular complexity index is 1130. The van der Waals surface area contributed by atoms with Crippen molar-refractivity contribution in [3.8, 4) is 11.6 Å². The van der Waals surface area contributed by atoms with Crippen LogP contribution in [0.3, 0.4) is 0 Å². The summed E-state index contributed by atoms with van der Waals surface area (Å²) in [6, 6.07) is 19.2. The van der Waals surface area contributed by atoms with Crippen molar-refractivity contribution < 1.29 is 17.9 Å². The van der Waals surface area contributed by atoms with Gasteiger partial charge in [0.2, 0.25) is 21.8 Å². The molecule has 0 atom stereocenters. The van der Waals surface area contributed by atoms with Gasteiger partial charge in [-0.25, -0.2) is 18.1 Å². The maximum Gasteiger partial charge on any atom is 0.233 e. The first-order chi connectivity index (χ1) is 14.9. The molecule has 9 heteroatoms. The molecule has 3 aromatic rings. The summed E-state index contributed by atoms with van der Waals surface area (Å²) in [5.74, 6) is 0.600. The second-order valence-electron chi connectivity index (χ2n) is 6.39. The summed E-state index contributed by atoms with van der Waals surface area (Å²) in [5.41, 5.74) is 1.24. The zero-order chi connectivity index (χ0) is 22.1. The van der Waals surface area contributed by atoms with Crippen LogP contribution in [0.25, 0.3) is 6.08 Å². The summed E-state index contributed by atoms with van der Waals surface area (Å²) in [6.45, 7) is -0.0293. The Hall–Kier alpha value is -3.20. The molecule has 0 fully saturated rings. The van der Waals surface area contributed by atoms with Gasteiger partial charge in [-0.1, -0.05) is 41.9 Å². The number of ether oxygens (including phenoxy) is 1. The van der Waals surface area contributed by atoms with Crippen LogP contribution in [0.2, 0.25) is 5.02 Å². The highest BCUT2D eigenvalue weighted by atomic mass is 35.5. The average Bonchev–Trinajstić information content (AvgIpc) is 2.76. The Morgan fingerprint density at radius 3 is 2.45 bits per heavy atom. The number of rotatable bonds is 9. The standard InChI is InChI=1S/C22H20ClN3O4S/c23-18-6-9-20(10-7-18)30-22-11-8-19(16-24-22)26-21(27)12-14-25-31(28,29)15-13-17-4-2-1-3-5-17/h1-11,13,15-16,25H,12,14H2,(H,26,27)/b15-13+. The molecule has 0 saturated carbocycles. The van der Waals surface area contributed by atoms with Crippen molar-refractivity contribution in [3.05, 3.63) is 88.9 Å². The number of hydrogen-bond donors (Lipinski definition) is 2. The fraction of sp³-hybridized carbons (Fsp3) is 0.0909. The molecule has 0 unspecified atom stereocenters. The maximum atomic E-state index is 12.1. The van der Waals surface area contributed by atoms with E-state index in [2.05, 4.69) is 15.0 Å². The Labute approximate surface area is 185 Å². The van der Waals surface area contributed by atoms with Gasteiger partial charge in [-0.05, 0) is 42.0 Å². The van der Waals surface area contributed by atoms with Gasteiger partial charge in [-0.15, -0.1) is 0 Å². The number of nitrogens with zero attached hydrogens (tertiary/aromatic N) is 1. The predicted octanol–water partition coefficient (Wildman–Crippen LogP) is 4.45. The first-order valence-corrected chi connectivity index (χ1v) is 11.2. The molecule has 1 aromatic heterocycles. The summed E-state index contributed by atoms with van der Waals surface area (Å²) in [7, 11) is -3.63. The SMILES string of the molecule is O=C(CCNS(=O)(=O)/C=C/c1ccccc1)Nc1ccc(Oc2ccc(Cl)cc2)nc1. The van der Waals surface area contributed by atoms with E-state index in [-0.39, 0.29) is 18.9 Å². The molecular weight excluding hydrogens is 438 g/mol. The van der Waals surface area contributed by atoms with E-state index < -0.39 is 10.0 Å². The lowest BCUT2D eigenvalue weighted by Gasteiger charge is -2.08. The van der Waals surface area contributed by atoms with Gasteiger partial charge in [0.05, 0.1) is 11.9 Å². The minimum Gasteiger partial charge on any atom is -0.439 e. The zero-order valence-electron chi connectivity index (χ0n) is 16.4. The summed E-state index contributed by atoms with van der Waals surface area (Å²) < 4.78 is 31.9. The predicted molar refractivity (Wildman–Crippen MR) is 121 cm³/mol. The molecule has 0 radical (unpaired) electrons. The summed E-state index contributed by atoms with van der Waals surface area (Å²) in [4.78, 5) is 16.2. The van der Waals surface area contributed by atoms with E-state index in [1.165, 1.54) is 12.3 Å². The lowest BCUT2D eigenvalue weighted by Crippen LogP contribution is -2.26. The van der Waals surface area contributed by atoms with Crippen molar-refractivity contribution in [1.82, 2.24) is 9.71 Å². The third kappa shape index (κ3) is 7.86. The lowest BCUT2D eigenvalue weighted by atomic mass is 10.2. The van der Waals surface area contributed by atoms with E-state index in [9.17, 15) is 13.2 Å². The average molecular weight is 458 g/mol. The van der Waals surface area contributed by atoms with Crippen LogP contribution in [0.15, 0.2) is 78.3 Å². The van der Waals surface area contributed by atoms with E-state index in [0.29, 0.717) is 22.3 Å². The van der Waals surface area contributed by atoms with Gasteiger partial charge in [0.15, 0.2) is 0 Å². The topological polar surface area (TPSA) is 97.4 Å². The van der Waals surface area contributed by atoms with Crippen molar-refractivity contribution in [2.45, 2.75) is 6.42 Å². The van der Waals surface area contributed by atoms with Crippen molar-refractivity contribution in [2.24, 2.45) is 0 Å². The second kappa shape index (κ2) is 10.7. The van der Waals surface area contributed by atoms with Crippen molar-refractivity contribution >= 4 is 39.3 Å². The van der Waals surface area contributed by atoms with Gasteiger partial charge >= 0.3 is 0 Å². The number of nitrogens with one attached hydrogen (secondary N) is 2. The van der Waals surface area contributed by atoms with Crippen LogP contribution >= 0.6 is 11.6 Å². The number of benzene rings is 2. The van der Waals surface area contributed by atoms with Crippen LogP contribution in [0.4, 0.5) is 5.69 Å². The summed E-state index contributed by atoms with van der Waals surface area (Å²) in [5, 5.41) is 4.33. The van der Waals surface area contributed by atoms with Crippen LogP contribution < -0.4 is 14.8 Å². The number of hydrogen-bond acceptors (Lipinski definition) is 5. The molecule has 1 heterocycles. The molecule has 0 aliphatic heterocycles. The molecule has 7 nitrogen and oxygen atoms in total. The second-order valence-corrected chi connectivity index (χ2v) is 8.48. The van der Waals surface area contributed by atoms with E-state index in [4.69, 9.17) is 16.3 Å². The Balaban J connectivity index is 1.44. The van der Waals surface area contributed by atoms with E-state index in [1.807, 2.05) is 18.2 Å². The van der Waals surface area contributed by atoms with Crippen molar-refractivity contribution in [3.63, 3.8) is 0 Å². The molecule has 0 bridgehead atoms.